The first-order chi connectivity index (χ1) is 48.0. The number of nitrogens with zero attached hydrogens (tertiary/aromatic N) is 3. The van der Waals surface area contributed by atoms with Crippen molar-refractivity contribution >= 4 is 6.09 Å². The van der Waals surface area contributed by atoms with E-state index >= 15 is 0 Å². The smallest absolute Gasteiger partial charge is 0.409 e. The van der Waals surface area contributed by atoms with Crippen LogP contribution in [-0.2, 0) is 57.7 Å². The highest BCUT2D eigenvalue weighted by Crippen LogP contribution is 2.37. The van der Waals surface area contributed by atoms with E-state index in [1.165, 1.54) is 62.7 Å². The predicted molar refractivity (Wildman–Crippen MR) is 439 cm³/mol. The highest BCUT2D eigenvalue weighted by molar-refractivity contribution is 5.67. The Bertz CT molecular complexity index is 2340. The number of pyridine rings is 2. The third-order valence-corrected chi connectivity index (χ3v) is 19.2. The Hall–Kier alpha value is -3.57. The van der Waals surface area contributed by atoms with Crippen LogP contribution in [0.15, 0.2) is 79.3 Å². The van der Waals surface area contributed by atoms with E-state index < -0.39 is 11.2 Å². The molecule has 0 aliphatic heterocycles. The molecule has 3 fully saturated rings. The molecule has 1 amide bonds. The van der Waals surface area contributed by atoms with Crippen LogP contribution in [0.25, 0.3) is 0 Å². The Morgan fingerprint density at radius 1 is 0.423 bits per heavy atom. The molecule has 2 N–H and O–H groups in total. The van der Waals surface area contributed by atoms with Crippen molar-refractivity contribution in [3.05, 3.63) is 96.1 Å². The summed E-state index contributed by atoms with van der Waals surface area (Å²) < 4.78 is 45.2. The number of methoxy groups -OCH3 is 2. The highest BCUT2D eigenvalue weighted by Gasteiger charge is 2.36. The average molecular weight is 1470 g/mol. The van der Waals surface area contributed by atoms with Crippen molar-refractivity contribution < 1.29 is 52.9 Å². The summed E-state index contributed by atoms with van der Waals surface area (Å²) in [6.07, 6.45) is 19.1. The molecule has 14 heteroatoms. The SMILES string of the molecule is CC(C)[C@H](OC(=O)N(C)C)C1CCC1.CC(C)[C@H](OCc1ccccc1)C(C)(C)O.CC(C)[C@H](OCc1ccccn1)C(C)(C)O.CC(C)[C@H](OCc1cccnc1)C(C)(C)C.CCO[C@@H](C(C)C)C(C)(C)C.CCO[C@@H](C(C)C)C1CCC1.CO[C@@H](C(C)C)C(C)(C)C.CO[C@@H](C(C)C)C1CCC1. The molecule has 3 saturated carbocycles. The number of hydrogen-bond donors (Lipinski definition) is 2. The molecule has 0 bridgehead atoms. The lowest BCUT2D eigenvalue weighted by Gasteiger charge is -2.36. The maximum Gasteiger partial charge on any atom is 0.409 e. The molecule has 0 spiro atoms. The van der Waals surface area contributed by atoms with Crippen LogP contribution in [0.4, 0.5) is 4.79 Å². The molecule has 0 unspecified atom stereocenters. The number of rotatable bonds is 29. The molecule has 8 atom stereocenters. The van der Waals surface area contributed by atoms with Gasteiger partial charge >= 0.3 is 6.09 Å². The van der Waals surface area contributed by atoms with Gasteiger partial charge in [0.15, 0.2) is 0 Å². The molecule has 0 saturated heterocycles. The van der Waals surface area contributed by atoms with Gasteiger partial charge in [-0.3, -0.25) is 9.97 Å². The topological polar surface area (TPSA) is 160 Å². The molecule has 3 aromatic rings. The molecule has 3 aliphatic carbocycles. The fourth-order valence-corrected chi connectivity index (χ4v) is 14.6. The van der Waals surface area contributed by atoms with Crippen molar-refractivity contribution in [1.82, 2.24) is 14.9 Å². The maximum atomic E-state index is 11.4. The molecule has 3 aliphatic rings. The number of carbonyl (C=O) groups excluding carboxylic acids is 1. The molecule has 14 nitrogen and oxygen atoms in total. The van der Waals surface area contributed by atoms with Crippen LogP contribution in [0.5, 0.6) is 0 Å². The van der Waals surface area contributed by atoms with Gasteiger partial charge in [-0.25, -0.2) is 4.79 Å². The summed E-state index contributed by atoms with van der Waals surface area (Å²) in [7, 11) is 7.07. The third kappa shape index (κ3) is 44.2. The molecular weight excluding hydrogens is 1300 g/mol. The van der Waals surface area contributed by atoms with Crippen molar-refractivity contribution in [3.63, 3.8) is 0 Å². The lowest BCUT2D eigenvalue weighted by Crippen LogP contribution is -2.41. The summed E-state index contributed by atoms with van der Waals surface area (Å²) in [5, 5.41) is 20.0. The largest absolute Gasteiger partial charge is 0.446 e. The first-order valence-electron chi connectivity index (χ1n) is 40.3. The minimum atomic E-state index is -0.830. The van der Waals surface area contributed by atoms with E-state index in [1.807, 2.05) is 87.8 Å². The second kappa shape index (κ2) is 52.5. The number of aromatic nitrogens is 2. The summed E-state index contributed by atoms with van der Waals surface area (Å²) >= 11 is 0. The van der Waals surface area contributed by atoms with Gasteiger partial charge in [0.1, 0.15) is 6.10 Å². The van der Waals surface area contributed by atoms with Crippen molar-refractivity contribution in [2.75, 3.05) is 41.5 Å². The van der Waals surface area contributed by atoms with E-state index in [9.17, 15) is 15.0 Å². The molecule has 104 heavy (non-hydrogen) atoms. The normalized spacial score (nSPS) is 16.7. The van der Waals surface area contributed by atoms with Crippen LogP contribution in [0.3, 0.4) is 0 Å². The van der Waals surface area contributed by atoms with Gasteiger partial charge in [-0.05, 0) is 191 Å². The first-order valence-corrected chi connectivity index (χ1v) is 40.3. The summed E-state index contributed by atoms with van der Waals surface area (Å²) in [5.74, 6) is 6.43. The van der Waals surface area contributed by atoms with Gasteiger partial charge in [-0.1, -0.05) is 235 Å². The van der Waals surface area contributed by atoms with Gasteiger partial charge in [0, 0.05) is 60.1 Å². The first kappa shape index (κ1) is 102. The Morgan fingerprint density at radius 2 is 0.788 bits per heavy atom. The summed E-state index contributed by atoms with van der Waals surface area (Å²) in [6, 6.07) is 19.7. The maximum absolute atomic E-state index is 11.4. The minimum absolute atomic E-state index is 0.110. The molecular formula is C90H167N3O11. The van der Waals surface area contributed by atoms with Crippen LogP contribution >= 0.6 is 0 Å². The van der Waals surface area contributed by atoms with E-state index in [2.05, 4.69) is 183 Å². The molecule has 1 aromatic carbocycles. The average Bonchev–Trinajstić information content (AvgIpc) is 0.799. The minimum Gasteiger partial charge on any atom is -0.446 e. The Labute approximate surface area is 641 Å². The summed E-state index contributed by atoms with van der Waals surface area (Å²) in [4.78, 5) is 21.2. The molecule has 608 valence electrons. The van der Waals surface area contributed by atoms with Gasteiger partial charge in [0.05, 0.1) is 79.4 Å². The molecule has 2 heterocycles. The summed E-state index contributed by atoms with van der Waals surface area (Å²) in [6.45, 7) is 69.3. The van der Waals surface area contributed by atoms with Crippen LogP contribution in [0.2, 0.25) is 0 Å². The van der Waals surface area contributed by atoms with Crippen LogP contribution in [0, 0.1) is 81.3 Å². The van der Waals surface area contributed by atoms with E-state index in [0.717, 1.165) is 41.9 Å². The quantitative estimate of drug-likeness (QED) is 0.0676. The second-order valence-electron chi connectivity index (χ2n) is 36.7. The van der Waals surface area contributed by atoms with Crippen LogP contribution < -0.4 is 0 Å². The zero-order chi connectivity index (χ0) is 80.5. The number of carbonyl (C=O) groups is 1. The van der Waals surface area contributed by atoms with E-state index in [4.69, 9.17) is 37.9 Å². The van der Waals surface area contributed by atoms with Gasteiger partial charge < -0.3 is 53.0 Å². The molecule has 6 rings (SSSR count). The van der Waals surface area contributed by atoms with E-state index in [-0.39, 0.29) is 52.7 Å². The standard InChI is InChI=1S/C14H23NO.C14H22O2.C13H21NO2.C11H21NO2.C10H20O.C10H22O.C9H18O.C9H20O/c1-11(2)13(14(3,4)5)16-10-12-7-6-8-15-9-12;1-11(2)13(14(3,4)15)16-10-12-8-6-5-7-9-12;1-10(2)12(13(3,4)15)16-9-11-7-5-6-8-14-11;1-8(2)10(9-6-5-7-9)14-11(13)12(3)4;1-4-11-10(8(2)3)9-6-5-7-9;1-7-11-9(8(2)3)10(4,5)6;1-7(2)9(10-3)8-5-4-6-8;1-7(2)8(10-6)9(3,4)5/h6-9,11,13H,10H2,1-5H3;5-9,11,13,15H,10H2,1-4H3;5-8,10,12,15H,9H2,1-4H3;8-10H,5-7H2,1-4H3;8-10H,4-7H2,1-3H3;8-9H,7H2,1-6H3;7-9H,4-6H2,1-3H3;7-8H,1-6H3/t2*13-;12-;2*10-;2*9-;8-/m00000000/s1. The predicted octanol–water partition coefficient (Wildman–Crippen LogP) is 22.7. The molecule has 2 aromatic heterocycles. The van der Waals surface area contributed by atoms with Crippen molar-refractivity contribution in [3.8, 4) is 0 Å². The fraction of sp³-hybridized carbons (Fsp3) is 0.811. The number of amides is 1. The Morgan fingerprint density at radius 3 is 1.07 bits per heavy atom. The van der Waals surface area contributed by atoms with Crippen molar-refractivity contribution in [2.24, 2.45) is 81.3 Å². The summed E-state index contributed by atoms with van der Waals surface area (Å²) in [5.41, 5.74) is 2.24. The highest BCUT2D eigenvalue weighted by atomic mass is 16.6. The van der Waals surface area contributed by atoms with Crippen molar-refractivity contribution in [2.45, 2.75) is 352 Å². The molecule has 0 radical (unpaired) electrons. The van der Waals surface area contributed by atoms with Gasteiger partial charge in [0.2, 0.25) is 0 Å². The van der Waals surface area contributed by atoms with Gasteiger partial charge in [-0.2, -0.15) is 0 Å². The monoisotopic (exact) mass is 1470 g/mol. The Kier molecular flexibility index (Phi) is 51.8. The zero-order valence-electron chi connectivity index (χ0n) is 73.8. The number of aliphatic hydroxyl groups is 2. The lowest BCUT2D eigenvalue weighted by atomic mass is 9.77. The second-order valence-corrected chi connectivity index (χ2v) is 36.7. The van der Waals surface area contributed by atoms with Crippen LogP contribution in [0.1, 0.15) is 289 Å². The number of benzene rings is 1. The van der Waals surface area contributed by atoms with Gasteiger partial charge in [-0.15, -0.1) is 0 Å². The number of hydrogen-bond acceptors (Lipinski definition) is 13. The van der Waals surface area contributed by atoms with E-state index in [1.54, 1.807) is 61.3 Å². The van der Waals surface area contributed by atoms with Gasteiger partial charge in [0.25, 0.3) is 0 Å². The third-order valence-electron chi connectivity index (χ3n) is 19.2. The van der Waals surface area contributed by atoms with E-state index in [0.29, 0.717) is 91.6 Å². The lowest BCUT2D eigenvalue weighted by molar-refractivity contribution is -0.116. The number of ether oxygens (including phenoxy) is 8. The zero-order valence-corrected chi connectivity index (χ0v) is 73.8. The van der Waals surface area contributed by atoms with Crippen LogP contribution in [-0.4, -0.2) is 133 Å². The van der Waals surface area contributed by atoms with Crippen molar-refractivity contribution in [1.29, 1.82) is 0 Å². The fourth-order valence-electron chi connectivity index (χ4n) is 14.6. The Balaban J connectivity index is 0.